The molecule has 0 aliphatic heterocycles. The van der Waals surface area contributed by atoms with Gasteiger partial charge in [-0.05, 0) is 13.3 Å². The molecule has 0 rings (SSSR count). The summed E-state index contributed by atoms with van der Waals surface area (Å²) < 4.78 is 0. The van der Waals surface area contributed by atoms with Crippen molar-refractivity contribution in [2.24, 2.45) is 0 Å². The number of nitrogens with one attached hydrogen (secondary N) is 1. The predicted octanol–water partition coefficient (Wildman–Crippen LogP) is 1.68. The highest BCUT2D eigenvalue weighted by Gasteiger charge is 2.07. The molecule has 2 unspecified atom stereocenters. The summed E-state index contributed by atoms with van der Waals surface area (Å²) in [5.74, 6) is 2.67. The highest BCUT2D eigenvalue weighted by Crippen LogP contribution is 1.98. The highest BCUT2D eigenvalue weighted by molar-refractivity contribution is 4.99. The molecule has 2 heteroatoms. The zero-order valence-electron chi connectivity index (χ0n) is 7.80. The van der Waals surface area contributed by atoms with Gasteiger partial charge in [-0.2, -0.15) is 5.26 Å². The molecule has 0 saturated carbocycles. The first-order valence-electron chi connectivity index (χ1n) is 4.33. The Bertz CT molecular complexity index is 185. The minimum atomic E-state index is 0.123. The monoisotopic (exact) mass is 164 g/mol. The summed E-state index contributed by atoms with van der Waals surface area (Å²) in [6, 6.07) is 2.43. The second-order valence-electron chi connectivity index (χ2n) is 2.94. The Morgan fingerprint density at radius 3 is 2.67 bits per heavy atom. The Balaban J connectivity index is 3.72. The van der Waals surface area contributed by atoms with E-state index in [0.29, 0.717) is 6.42 Å². The van der Waals surface area contributed by atoms with E-state index >= 15 is 0 Å². The fourth-order valence-electron chi connectivity index (χ4n) is 1.04. The second kappa shape index (κ2) is 6.70. The third-order valence-corrected chi connectivity index (χ3v) is 1.66. The summed E-state index contributed by atoms with van der Waals surface area (Å²) >= 11 is 0. The minimum Gasteiger partial charge on any atom is -0.300 e. The number of hydrogen-bond donors (Lipinski definition) is 1. The molecule has 2 nitrogen and oxygen atoms in total. The topological polar surface area (TPSA) is 35.8 Å². The molecule has 0 spiro atoms. The van der Waals surface area contributed by atoms with Crippen molar-refractivity contribution in [2.75, 3.05) is 0 Å². The second-order valence-corrected chi connectivity index (χ2v) is 2.94. The number of nitriles is 1. The van der Waals surface area contributed by atoms with Crippen LogP contribution in [0.5, 0.6) is 0 Å². The maximum Gasteiger partial charge on any atom is 0.0689 e. The molecular weight excluding hydrogens is 148 g/mol. The Hall–Kier alpha value is -0.990. The van der Waals surface area contributed by atoms with Gasteiger partial charge in [0.25, 0.3) is 0 Å². The summed E-state index contributed by atoms with van der Waals surface area (Å²) in [6.45, 7) is 4.07. The van der Waals surface area contributed by atoms with Gasteiger partial charge in [0.1, 0.15) is 0 Å². The van der Waals surface area contributed by atoms with Crippen LogP contribution in [0.4, 0.5) is 0 Å². The molecule has 0 bridgehead atoms. The van der Waals surface area contributed by atoms with E-state index in [0.717, 1.165) is 12.8 Å². The van der Waals surface area contributed by atoms with E-state index in [1.54, 1.807) is 0 Å². The van der Waals surface area contributed by atoms with Crippen LogP contribution >= 0.6 is 0 Å². The molecule has 0 fully saturated rings. The van der Waals surface area contributed by atoms with Crippen LogP contribution in [0.3, 0.4) is 0 Å². The molecule has 0 saturated heterocycles. The first-order chi connectivity index (χ1) is 5.74. The van der Waals surface area contributed by atoms with Crippen LogP contribution in [-0.2, 0) is 0 Å². The summed E-state index contributed by atoms with van der Waals surface area (Å²) in [4.78, 5) is 0. The summed E-state index contributed by atoms with van der Waals surface area (Å²) in [5, 5.41) is 11.6. The fraction of sp³-hybridized carbons (Fsp3) is 0.700. The van der Waals surface area contributed by atoms with Gasteiger partial charge in [-0.15, -0.1) is 6.42 Å². The average Bonchev–Trinajstić information content (AvgIpc) is 2.04. The lowest BCUT2D eigenvalue weighted by molar-refractivity contribution is 0.486. The lowest BCUT2D eigenvalue weighted by Gasteiger charge is -2.16. The third kappa shape index (κ3) is 4.77. The zero-order chi connectivity index (χ0) is 9.40. The molecule has 0 radical (unpaired) electrons. The van der Waals surface area contributed by atoms with Crippen LogP contribution in [0.1, 0.15) is 33.1 Å². The van der Waals surface area contributed by atoms with Crippen LogP contribution in [0.15, 0.2) is 0 Å². The molecule has 66 valence electrons. The van der Waals surface area contributed by atoms with Crippen LogP contribution < -0.4 is 5.32 Å². The quantitative estimate of drug-likeness (QED) is 0.627. The van der Waals surface area contributed by atoms with Gasteiger partial charge in [0.05, 0.1) is 18.5 Å². The number of nitrogens with zero attached hydrogens (tertiary/aromatic N) is 1. The maximum absolute atomic E-state index is 8.41. The van der Waals surface area contributed by atoms with E-state index in [1.165, 1.54) is 0 Å². The van der Waals surface area contributed by atoms with E-state index in [1.807, 2.05) is 6.92 Å². The van der Waals surface area contributed by atoms with Gasteiger partial charge in [0, 0.05) is 6.04 Å². The fourth-order valence-corrected chi connectivity index (χ4v) is 1.04. The molecule has 1 N–H and O–H groups in total. The zero-order valence-corrected chi connectivity index (χ0v) is 7.80. The first-order valence-corrected chi connectivity index (χ1v) is 4.33. The first kappa shape index (κ1) is 11.0. The number of terminal acetylenes is 1. The van der Waals surface area contributed by atoms with Crippen LogP contribution in [0.25, 0.3) is 0 Å². The lowest BCUT2D eigenvalue weighted by Crippen LogP contribution is -2.35. The van der Waals surface area contributed by atoms with Crippen molar-refractivity contribution in [2.45, 2.75) is 45.2 Å². The van der Waals surface area contributed by atoms with Gasteiger partial charge in [0.15, 0.2) is 0 Å². The third-order valence-electron chi connectivity index (χ3n) is 1.66. The summed E-state index contributed by atoms with van der Waals surface area (Å²) in [7, 11) is 0. The molecule has 0 aromatic carbocycles. The molecule has 0 aromatic rings. The van der Waals surface area contributed by atoms with E-state index in [4.69, 9.17) is 11.7 Å². The highest BCUT2D eigenvalue weighted by atomic mass is 14.9. The summed E-state index contributed by atoms with van der Waals surface area (Å²) in [6.07, 6.45) is 7.87. The SMILES string of the molecule is C#CC(CCC)NC(C)CC#N. The number of hydrogen-bond acceptors (Lipinski definition) is 2. The number of rotatable bonds is 5. The van der Waals surface area contributed by atoms with Crippen molar-refractivity contribution in [3.05, 3.63) is 0 Å². The standard InChI is InChI=1S/C10H16N2/c1-4-6-10(5-2)12-9(3)7-8-11/h2,9-10,12H,4,6-7H2,1,3H3. The largest absolute Gasteiger partial charge is 0.300 e. The Kier molecular flexibility index (Phi) is 6.15. The van der Waals surface area contributed by atoms with Gasteiger partial charge in [-0.3, -0.25) is 0 Å². The van der Waals surface area contributed by atoms with E-state index < -0.39 is 0 Å². The molecule has 12 heavy (non-hydrogen) atoms. The van der Waals surface area contributed by atoms with Gasteiger partial charge >= 0.3 is 0 Å². The predicted molar refractivity (Wildman–Crippen MR) is 50.4 cm³/mol. The van der Waals surface area contributed by atoms with Crippen molar-refractivity contribution >= 4 is 0 Å². The van der Waals surface area contributed by atoms with Crippen LogP contribution in [-0.4, -0.2) is 12.1 Å². The minimum absolute atomic E-state index is 0.123. The van der Waals surface area contributed by atoms with E-state index in [2.05, 4.69) is 24.2 Å². The smallest absolute Gasteiger partial charge is 0.0689 e. The van der Waals surface area contributed by atoms with E-state index in [-0.39, 0.29) is 12.1 Å². The van der Waals surface area contributed by atoms with Crippen molar-refractivity contribution in [1.29, 1.82) is 5.26 Å². The Morgan fingerprint density at radius 1 is 1.58 bits per heavy atom. The van der Waals surface area contributed by atoms with Gasteiger partial charge < -0.3 is 5.32 Å². The molecule has 0 aliphatic rings. The van der Waals surface area contributed by atoms with Crippen molar-refractivity contribution in [1.82, 2.24) is 5.32 Å². The Labute approximate surface area is 75.0 Å². The summed E-state index contributed by atoms with van der Waals surface area (Å²) in [5.41, 5.74) is 0. The molecular formula is C10H16N2. The molecule has 0 amide bonds. The van der Waals surface area contributed by atoms with Crippen molar-refractivity contribution in [3.63, 3.8) is 0 Å². The normalized spacial score (nSPS) is 14.3. The molecule has 0 aromatic heterocycles. The van der Waals surface area contributed by atoms with Crippen molar-refractivity contribution in [3.8, 4) is 18.4 Å². The van der Waals surface area contributed by atoms with Gasteiger partial charge in [0.2, 0.25) is 0 Å². The molecule has 2 atom stereocenters. The lowest BCUT2D eigenvalue weighted by atomic mass is 10.1. The van der Waals surface area contributed by atoms with E-state index in [9.17, 15) is 0 Å². The van der Waals surface area contributed by atoms with Crippen LogP contribution in [0, 0.1) is 23.7 Å². The molecule has 0 aliphatic carbocycles. The van der Waals surface area contributed by atoms with Gasteiger partial charge in [-0.1, -0.05) is 19.3 Å². The van der Waals surface area contributed by atoms with Crippen LogP contribution in [0.2, 0.25) is 0 Å². The maximum atomic E-state index is 8.41. The van der Waals surface area contributed by atoms with Crippen molar-refractivity contribution < 1.29 is 0 Å². The molecule has 0 heterocycles. The average molecular weight is 164 g/mol. The Morgan fingerprint density at radius 2 is 2.25 bits per heavy atom. The van der Waals surface area contributed by atoms with Gasteiger partial charge in [-0.25, -0.2) is 0 Å².